The molecule has 6 heteroatoms. The third kappa shape index (κ3) is 3.87. The minimum atomic E-state index is -0.552. The van der Waals surface area contributed by atoms with Gasteiger partial charge in [0, 0.05) is 25.4 Å². The maximum atomic E-state index is 12.0. The molecule has 100 valence electrons. The summed E-state index contributed by atoms with van der Waals surface area (Å²) in [7, 11) is 0. The Hall–Kier alpha value is -1.85. The predicted molar refractivity (Wildman–Crippen MR) is 68.5 cm³/mol. The molecule has 1 aromatic rings. The van der Waals surface area contributed by atoms with Crippen LogP contribution in [0.5, 0.6) is 0 Å². The summed E-state index contributed by atoms with van der Waals surface area (Å²) in [6, 6.07) is 1.23. The van der Waals surface area contributed by atoms with Crippen molar-refractivity contribution in [3.8, 4) is 0 Å². The van der Waals surface area contributed by atoms with Gasteiger partial charge >= 0.3 is 5.69 Å². The minimum Gasteiger partial charge on any atom is -0.341 e. The van der Waals surface area contributed by atoms with Crippen LogP contribution >= 0.6 is 0 Å². The highest BCUT2D eigenvalue weighted by Gasteiger charge is 2.12. The second kappa shape index (κ2) is 6.78. The molecule has 0 saturated heterocycles. The number of hydrogen-bond acceptors (Lipinski definition) is 3. The molecule has 1 aromatic heterocycles. The van der Waals surface area contributed by atoms with Gasteiger partial charge in [-0.1, -0.05) is 13.8 Å². The Morgan fingerprint density at radius 3 is 2.39 bits per heavy atom. The van der Waals surface area contributed by atoms with Crippen LogP contribution in [-0.2, 0) is 11.3 Å². The Morgan fingerprint density at radius 2 is 1.89 bits per heavy atom. The highest BCUT2D eigenvalue weighted by Crippen LogP contribution is 1.96. The largest absolute Gasteiger partial charge is 0.341 e. The average molecular weight is 253 g/mol. The molecule has 0 atom stereocenters. The Kier molecular flexibility index (Phi) is 5.35. The zero-order chi connectivity index (χ0) is 13.5. The van der Waals surface area contributed by atoms with E-state index < -0.39 is 11.2 Å². The maximum Gasteiger partial charge on any atom is 0.328 e. The molecule has 1 N–H and O–H groups in total. The summed E-state index contributed by atoms with van der Waals surface area (Å²) >= 11 is 0. The van der Waals surface area contributed by atoms with E-state index in [1.54, 1.807) is 4.90 Å². The third-order valence-corrected chi connectivity index (χ3v) is 2.54. The Bertz CT molecular complexity index is 498. The third-order valence-electron chi connectivity index (χ3n) is 2.54. The molecular weight excluding hydrogens is 234 g/mol. The van der Waals surface area contributed by atoms with Gasteiger partial charge < -0.3 is 4.90 Å². The number of carbonyl (C=O) groups excluding carboxylic acids is 1. The number of nitrogens with zero attached hydrogens (tertiary/aromatic N) is 2. The number of amides is 1. The molecule has 1 heterocycles. The first-order valence-electron chi connectivity index (χ1n) is 6.16. The van der Waals surface area contributed by atoms with Crippen LogP contribution in [0.3, 0.4) is 0 Å². The van der Waals surface area contributed by atoms with Crippen molar-refractivity contribution in [1.29, 1.82) is 0 Å². The Morgan fingerprint density at radius 1 is 1.28 bits per heavy atom. The first kappa shape index (κ1) is 14.2. The summed E-state index contributed by atoms with van der Waals surface area (Å²) in [4.78, 5) is 38.2. The number of rotatable bonds is 6. The summed E-state index contributed by atoms with van der Waals surface area (Å²) in [5.74, 6) is -0.104. The molecule has 0 spiro atoms. The lowest BCUT2D eigenvalue weighted by Gasteiger charge is -2.21. The van der Waals surface area contributed by atoms with E-state index in [0.29, 0.717) is 13.1 Å². The fraction of sp³-hybridized carbons (Fsp3) is 0.583. The summed E-state index contributed by atoms with van der Waals surface area (Å²) < 4.78 is 1.21. The zero-order valence-electron chi connectivity index (χ0n) is 10.8. The lowest BCUT2D eigenvalue weighted by molar-refractivity contribution is -0.132. The normalized spacial score (nSPS) is 10.3. The summed E-state index contributed by atoms with van der Waals surface area (Å²) in [6.45, 7) is 5.34. The van der Waals surface area contributed by atoms with Crippen molar-refractivity contribution in [2.45, 2.75) is 33.2 Å². The SMILES string of the molecule is CCCN(CCC)C(=O)Cn1ccc(=O)[nH]c1=O. The van der Waals surface area contributed by atoms with Crippen LogP contribution in [0, 0.1) is 0 Å². The molecular formula is C12H19N3O3. The quantitative estimate of drug-likeness (QED) is 0.786. The average Bonchev–Trinajstić information content (AvgIpc) is 2.32. The van der Waals surface area contributed by atoms with Crippen LogP contribution in [0.4, 0.5) is 0 Å². The van der Waals surface area contributed by atoms with Crippen LogP contribution in [0.2, 0.25) is 0 Å². The van der Waals surface area contributed by atoms with E-state index in [4.69, 9.17) is 0 Å². The highest BCUT2D eigenvalue weighted by molar-refractivity contribution is 5.75. The van der Waals surface area contributed by atoms with Gasteiger partial charge in [-0.2, -0.15) is 0 Å². The number of hydrogen-bond donors (Lipinski definition) is 1. The van der Waals surface area contributed by atoms with E-state index in [9.17, 15) is 14.4 Å². The van der Waals surface area contributed by atoms with Gasteiger partial charge in [0.15, 0.2) is 0 Å². The maximum absolute atomic E-state index is 12.0. The molecule has 0 radical (unpaired) electrons. The van der Waals surface area contributed by atoms with Gasteiger partial charge in [0.2, 0.25) is 5.91 Å². The van der Waals surface area contributed by atoms with Crippen molar-refractivity contribution in [3.05, 3.63) is 33.1 Å². The van der Waals surface area contributed by atoms with Crippen molar-refractivity contribution in [2.24, 2.45) is 0 Å². The van der Waals surface area contributed by atoms with Gasteiger partial charge in [-0.3, -0.25) is 19.1 Å². The lowest BCUT2D eigenvalue weighted by atomic mass is 10.3. The molecule has 0 unspecified atom stereocenters. The molecule has 18 heavy (non-hydrogen) atoms. The molecule has 6 nitrogen and oxygen atoms in total. The van der Waals surface area contributed by atoms with Gasteiger partial charge in [-0.15, -0.1) is 0 Å². The van der Waals surface area contributed by atoms with E-state index in [1.807, 2.05) is 13.8 Å². The van der Waals surface area contributed by atoms with Crippen LogP contribution < -0.4 is 11.2 Å². The van der Waals surface area contributed by atoms with E-state index >= 15 is 0 Å². The van der Waals surface area contributed by atoms with Crippen LogP contribution in [0.25, 0.3) is 0 Å². The van der Waals surface area contributed by atoms with Gasteiger partial charge in [0.1, 0.15) is 6.54 Å². The molecule has 0 fully saturated rings. The number of H-pyrrole nitrogens is 1. The molecule has 0 aliphatic heterocycles. The van der Waals surface area contributed by atoms with E-state index in [2.05, 4.69) is 4.98 Å². The van der Waals surface area contributed by atoms with Crippen LogP contribution in [0.1, 0.15) is 26.7 Å². The standard InChI is InChI=1S/C12H19N3O3/c1-3-6-14(7-4-2)11(17)9-15-8-5-10(16)13-12(15)18/h5,8H,3-4,6-7,9H2,1-2H3,(H,13,16,18). The van der Waals surface area contributed by atoms with Crippen molar-refractivity contribution in [1.82, 2.24) is 14.5 Å². The first-order valence-corrected chi connectivity index (χ1v) is 6.16. The van der Waals surface area contributed by atoms with Gasteiger partial charge in [0.25, 0.3) is 5.56 Å². The van der Waals surface area contributed by atoms with Crippen LogP contribution in [-0.4, -0.2) is 33.4 Å². The van der Waals surface area contributed by atoms with Crippen LogP contribution in [0.15, 0.2) is 21.9 Å². The molecule has 1 rings (SSSR count). The Balaban J connectivity index is 2.78. The van der Waals surface area contributed by atoms with Crippen molar-refractivity contribution in [3.63, 3.8) is 0 Å². The predicted octanol–water partition coefficient (Wildman–Crippen LogP) is 0.185. The molecule has 1 amide bonds. The first-order chi connectivity index (χ1) is 8.58. The smallest absolute Gasteiger partial charge is 0.328 e. The summed E-state index contributed by atoms with van der Waals surface area (Å²) in [5, 5.41) is 0. The minimum absolute atomic E-state index is 0.0321. The zero-order valence-corrected chi connectivity index (χ0v) is 10.8. The highest BCUT2D eigenvalue weighted by atomic mass is 16.2. The van der Waals surface area contributed by atoms with E-state index in [1.165, 1.54) is 16.8 Å². The molecule has 0 bridgehead atoms. The summed E-state index contributed by atoms with van der Waals surface area (Å²) in [6.07, 6.45) is 3.10. The number of aromatic amines is 1. The molecule has 0 saturated carbocycles. The Labute approximate surface area is 105 Å². The lowest BCUT2D eigenvalue weighted by Crippen LogP contribution is -2.39. The van der Waals surface area contributed by atoms with Crippen molar-refractivity contribution >= 4 is 5.91 Å². The van der Waals surface area contributed by atoms with Gasteiger partial charge in [0.05, 0.1) is 0 Å². The second-order valence-electron chi connectivity index (χ2n) is 4.12. The van der Waals surface area contributed by atoms with Crippen molar-refractivity contribution in [2.75, 3.05) is 13.1 Å². The second-order valence-corrected chi connectivity index (χ2v) is 4.12. The summed E-state index contributed by atoms with van der Waals surface area (Å²) in [5.41, 5.74) is -1.01. The van der Waals surface area contributed by atoms with Gasteiger partial charge in [-0.25, -0.2) is 4.79 Å². The number of carbonyl (C=O) groups is 1. The number of nitrogens with one attached hydrogen (secondary N) is 1. The van der Waals surface area contributed by atoms with Crippen molar-refractivity contribution < 1.29 is 4.79 Å². The van der Waals surface area contributed by atoms with Gasteiger partial charge in [-0.05, 0) is 12.8 Å². The monoisotopic (exact) mass is 253 g/mol. The van der Waals surface area contributed by atoms with E-state index in [-0.39, 0.29) is 12.5 Å². The number of aromatic nitrogens is 2. The topological polar surface area (TPSA) is 75.2 Å². The fourth-order valence-electron chi connectivity index (χ4n) is 1.72. The van der Waals surface area contributed by atoms with E-state index in [0.717, 1.165) is 12.8 Å². The fourth-order valence-corrected chi connectivity index (χ4v) is 1.72. The molecule has 0 aliphatic carbocycles. The molecule has 0 aliphatic rings. The molecule has 0 aromatic carbocycles.